The topological polar surface area (TPSA) is 78.7 Å². The minimum absolute atomic E-state index is 0.0217. The van der Waals surface area contributed by atoms with Crippen molar-refractivity contribution in [2.45, 2.75) is 39.2 Å². The predicted octanol–water partition coefficient (Wildman–Crippen LogP) is 2.21. The quantitative estimate of drug-likeness (QED) is 0.860. The van der Waals surface area contributed by atoms with Gasteiger partial charge in [0.1, 0.15) is 6.54 Å². The van der Waals surface area contributed by atoms with Crippen molar-refractivity contribution >= 4 is 17.6 Å². The second kappa shape index (κ2) is 6.61. The van der Waals surface area contributed by atoms with Gasteiger partial charge in [-0.15, -0.1) is 0 Å². The molecule has 7 heteroatoms. The molecule has 2 heterocycles. The van der Waals surface area contributed by atoms with Gasteiger partial charge < -0.3 is 14.9 Å². The molecule has 1 amide bonds. The Bertz CT molecular complexity index is 1000. The Morgan fingerprint density at radius 3 is 2.66 bits per heavy atom. The molecule has 1 saturated heterocycles. The number of hydrogen-bond acceptors (Lipinski definition) is 4. The average molecular weight is 394 g/mol. The first kappa shape index (κ1) is 18.2. The van der Waals surface area contributed by atoms with Crippen LogP contribution >= 0.6 is 0 Å². The van der Waals surface area contributed by atoms with E-state index < -0.39 is 5.97 Å². The van der Waals surface area contributed by atoms with Gasteiger partial charge in [-0.3, -0.25) is 9.48 Å². The van der Waals surface area contributed by atoms with Crippen LogP contribution in [0.25, 0.3) is 0 Å². The Hall–Kier alpha value is -2.83. The zero-order chi connectivity index (χ0) is 20.3. The van der Waals surface area contributed by atoms with Gasteiger partial charge in [0, 0.05) is 43.1 Å². The maximum atomic E-state index is 12.9. The molecule has 1 N–H and O–H groups in total. The summed E-state index contributed by atoms with van der Waals surface area (Å²) in [6, 6.07) is 6.35. The maximum Gasteiger partial charge on any atom is 0.356 e. The highest BCUT2D eigenvalue weighted by Crippen LogP contribution is 2.57. The molecule has 0 radical (unpaired) electrons. The van der Waals surface area contributed by atoms with Crippen LogP contribution in [-0.2, 0) is 17.8 Å². The fraction of sp³-hybridized carbons (Fsp3) is 0.500. The van der Waals surface area contributed by atoms with Crippen molar-refractivity contribution in [2.75, 3.05) is 31.1 Å². The van der Waals surface area contributed by atoms with E-state index in [4.69, 9.17) is 0 Å². The first-order valence-corrected chi connectivity index (χ1v) is 10.4. The Morgan fingerprint density at radius 1 is 1.17 bits per heavy atom. The summed E-state index contributed by atoms with van der Waals surface area (Å²) in [5, 5.41) is 13.8. The van der Waals surface area contributed by atoms with Gasteiger partial charge in [-0.05, 0) is 55.7 Å². The lowest BCUT2D eigenvalue weighted by Crippen LogP contribution is -2.50. The Morgan fingerprint density at radius 2 is 1.93 bits per heavy atom. The number of aryl methyl sites for hydroxylation is 1. The van der Waals surface area contributed by atoms with Gasteiger partial charge in [0.05, 0.1) is 0 Å². The predicted molar refractivity (Wildman–Crippen MR) is 108 cm³/mol. The van der Waals surface area contributed by atoms with Crippen molar-refractivity contribution in [1.29, 1.82) is 0 Å². The molecule has 2 aromatic rings. The van der Waals surface area contributed by atoms with Gasteiger partial charge >= 0.3 is 5.97 Å². The van der Waals surface area contributed by atoms with Gasteiger partial charge in [-0.25, -0.2) is 4.79 Å². The van der Waals surface area contributed by atoms with Crippen molar-refractivity contribution in [3.63, 3.8) is 0 Å². The van der Waals surface area contributed by atoms with Crippen molar-refractivity contribution in [2.24, 2.45) is 5.92 Å². The number of anilines is 1. The van der Waals surface area contributed by atoms with Crippen molar-refractivity contribution in [1.82, 2.24) is 14.7 Å². The molecular weight excluding hydrogens is 368 g/mol. The average Bonchev–Trinajstić information content (AvgIpc) is 3.23. The number of aromatic nitrogens is 2. The van der Waals surface area contributed by atoms with Crippen molar-refractivity contribution < 1.29 is 14.7 Å². The second-order valence-electron chi connectivity index (χ2n) is 8.57. The highest BCUT2D eigenvalue weighted by atomic mass is 16.4. The number of carboxylic acids is 1. The summed E-state index contributed by atoms with van der Waals surface area (Å²) in [7, 11) is 0. The first-order valence-electron chi connectivity index (χ1n) is 10.4. The van der Waals surface area contributed by atoms with E-state index in [0.29, 0.717) is 24.9 Å². The Labute approximate surface area is 169 Å². The van der Waals surface area contributed by atoms with Gasteiger partial charge in [-0.2, -0.15) is 5.10 Å². The number of nitrogens with zero attached hydrogens (tertiary/aromatic N) is 4. The number of amides is 1. The molecule has 0 bridgehead atoms. The number of aromatic carboxylic acids is 1. The Balaban J connectivity index is 1.27. The van der Waals surface area contributed by atoms with Crippen molar-refractivity contribution in [3.05, 3.63) is 46.3 Å². The number of rotatable bonds is 4. The standard InChI is InChI=1S/C22H26N4O3/c1-13-4-3-5-17(14(13)2)24-6-8-25(9-7-24)19(27)12-26-18-11-15-10-16(15)20(18)21(23-26)22(28)29/h3-5,15-16H,6-12H2,1-2H3,(H,28,29)/t15-,16-/m1/s1. The van der Waals surface area contributed by atoms with Gasteiger partial charge in [0.2, 0.25) is 5.91 Å². The van der Waals surface area contributed by atoms with Crippen LogP contribution in [0.3, 0.4) is 0 Å². The molecule has 0 spiro atoms. The lowest BCUT2D eigenvalue weighted by molar-refractivity contribution is -0.132. The second-order valence-corrected chi connectivity index (χ2v) is 8.57. The minimum Gasteiger partial charge on any atom is -0.476 e. The minimum atomic E-state index is -0.984. The van der Waals surface area contributed by atoms with Crippen LogP contribution in [0.15, 0.2) is 18.2 Å². The number of benzene rings is 1. The number of carbonyl (C=O) groups is 2. The lowest BCUT2D eigenvalue weighted by Gasteiger charge is -2.37. The van der Waals surface area contributed by atoms with E-state index in [1.165, 1.54) is 16.8 Å². The molecule has 2 aliphatic carbocycles. The molecule has 3 aliphatic rings. The third-order valence-corrected chi connectivity index (χ3v) is 6.88. The summed E-state index contributed by atoms with van der Waals surface area (Å²) in [4.78, 5) is 28.7. The molecular formula is C22H26N4O3. The van der Waals surface area contributed by atoms with Crippen LogP contribution in [-0.4, -0.2) is 57.8 Å². The molecule has 29 heavy (non-hydrogen) atoms. The Kier molecular flexibility index (Phi) is 4.15. The van der Waals surface area contributed by atoms with Crippen LogP contribution in [0.4, 0.5) is 5.69 Å². The van der Waals surface area contributed by atoms with E-state index in [2.05, 4.69) is 42.0 Å². The van der Waals surface area contributed by atoms with Crippen LogP contribution in [0.2, 0.25) is 0 Å². The van der Waals surface area contributed by atoms with E-state index in [1.54, 1.807) is 4.68 Å². The number of carboxylic acid groups (broad SMARTS) is 1. The summed E-state index contributed by atoms with van der Waals surface area (Å²) in [6.45, 7) is 7.36. The zero-order valence-corrected chi connectivity index (χ0v) is 16.9. The van der Waals surface area contributed by atoms with Crippen molar-refractivity contribution in [3.8, 4) is 0 Å². The third-order valence-electron chi connectivity index (χ3n) is 6.88. The van der Waals surface area contributed by atoms with Gasteiger partial charge in [0.15, 0.2) is 5.69 Å². The number of hydrogen-bond donors (Lipinski definition) is 1. The molecule has 2 fully saturated rings. The van der Waals surface area contributed by atoms with Gasteiger partial charge in [0.25, 0.3) is 0 Å². The zero-order valence-electron chi connectivity index (χ0n) is 16.9. The number of carbonyl (C=O) groups excluding carboxylic acids is 1. The molecule has 1 aliphatic heterocycles. The van der Waals surface area contributed by atoms with E-state index in [1.807, 2.05) is 4.90 Å². The lowest BCUT2D eigenvalue weighted by atomic mass is 10.1. The van der Waals surface area contributed by atoms with Gasteiger partial charge in [-0.1, -0.05) is 12.1 Å². The summed E-state index contributed by atoms with van der Waals surface area (Å²) >= 11 is 0. The highest BCUT2D eigenvalue weighted by Gasteiger charge is 2.50. The molecule has 152 valence electrons. The normalized spacial score (nSPS) is 22.4. The van der Waals surface area contributed by atoms with E-state index in [9.17, 15) is 14.7 Å². The highest BCUT2D eigenvalue weighted by molar-refractivity contribution is 5.88. The van der Waals surface area contributed by atoms with E-state index in [0.717, 1.165) is 37.2 Å². The largest absolute Gasteiger partial charge is 0.476 e. The fourth-order valence-corrected chi connectivity index (χ4v) is 4.98. The molecule has 1 aromatic heterocycles. The monoisotopic (exact) mass is 394 g/mol. The summed E-state index contributed by atoms with van der Waals surface area (Å²) in [5.74, 6) is -0.0554. The molecule has 2 atom stereocenters. The third kappa shape index (κ3) is 2.99. The van der Waals surface area contributed by atoms with Crippen LogP contribution in [0.1, 0.15) is 45.2 Å². The van der Waals surface area contributed by atoms with E-state index >= 15 is 0 Å². The van der Waals surface area contributed by atoms with Crippen LogP contribution < -0.4 is 4.90 Å². The molecule has 0 unspecified atom stereocenters. The first-order chi connectivity index (χ1) is 13.9. The van der Waals surface area contributed by atoms with E-state index in [-0.39, 0.29) is 18.1 Å². The SMILES string of the molecule is Cc1cccc(N2CCN(C(=O)Cn3nc(C(=O)O)c4c3C[C@H]3C[C@@H]43)CC2)c1C. The summed E-state index contributed by atoms with van der Waals surface area (Å²) in [6.07, 6.45) is 1.92. The fourth-order valence-electron chi connectivity index (χ4n) is 4.98. The molecule has 1 saturated carbocycles. The summed E-state index contributed by atoms with van der Waals surface area (Å²) < 4.78 is 1.66. The maximum absolute atomic E-state index is 12.9. The van der Waals surface area contributed by atoms with Crippen LogP contribution in [0, 0.1) is 19.8 Å². The molecule has 1 aromatic carbocycles. The number of piperazine rings is 1. The molecule has 7 nitrogen and oxygen atoms in total. The molecule has 5 rings (SSSR count). The number of fused-ring (bicyclic) bond motifs is 3. The smallest absolute Gasteiger partial charge is 0.356 e. The summed E-state index contributed by atoms with van der Waals surface area (Å²) in [5.41, 5.74) is 5.81. The van der Waals surface area contributed by atoms with Crippen LogP contribution in [0.5, 0.6) is 0 Å².